The molecule has 0 atom stereocenters. The summed E-state index contributed by atoms with van der Waals surface area (Å²) in [4.78, 5) is 11.5. The number of hydrogen-bond donors (Lipinski definition) is 2. The third-order valence-corrected chi connectivity index (χ3v) is 2.12. The molecule has 0 aliphatic carbocycles. The lowest BCUT2D eigenvalue weighted by Gasteiger charge is -2.07. The molecule has 0 unspecified atom stereocenters. The Bertz CT molecular complexity index is 355. The Hall–Kier alpha value is -1.59. The van der Waals surface area contributed by atoms with Crippen molar-refractivity contribution in [2.24, 2.45) is 0 Å². The van der Waals surface area contributed by atoms with Gasteiger partial charge < -0.3 is 20.1 Å². The molecule has 0 heterocycles. The fraction of sp³-hybridized carbons (Fsp3) is 0.417. The maximum absolute atomic E-state index is 11.5. The zero-order chi connectivity index (χ0) is 12.5. The third kappa shape index (κ3) is 5.33. The van der Waals surface area contributed by atoms with E-state index in [2.05, 4.69) is 10.6 Å². The van der Waals surface area contributed by atoms with Gasteiger partial charge in [-0.3, -0.25) is 4.79 Å². The van der Waals surface area contributed by atoms with E-state index in [1.807, 2.05) is 18.2 Å². The molecular formula is C12H18N2O3. The Labute approximate surface area is 101 Å². The predicted octanol–water partition coefficient (Wildman–Crippen LogP) is 0.870. The van der Waals surface area contributed by atoms with Crippen LogP contribution in [0.1, 0.15) is 0 Å². The van der Waals surface area contributed by atoms with Crippen molar-refractivity contribution in [2.45, 2.75) is 0 Å². The van der Waals surface area contributed by atoms with Crippen molar-refractivity contribution in [3.05, 3.63) is 24.3 Å². The number of carbonyl (C=O) groups is 1. The Balaban J connectivity index is 2.34. The topological polar surface area (TPSA) is 59.6 Å². The Morgan fingerprint density at radius 1 is 1.35 bits per heavy atom. The van der Waals surface area contributed by atoms with Gasteiger partial charge in [-0.15, -0.1) is 0 Å². The summed E-state index contributed by atoms with van der Waals surface area (Å²) in [6.07, 6.45) is 0. The molecule has 0 fully saturated rings. The van der Waals surface area contributed by atoms with Crippen LogP contribution in [-0.4, -0.2) is 39.8 Å². The minimum Gasteiger partial charge on any atom is -0.497 e. The fourth-order valence-corrected chi connectivity index (χ4v) is 1.28. The largest absolute Gasteiger partial charge is 0.497 e. The van der Waals surface area contributed by atoms with Gasteiger partial charge in [-0.2, -0.15) is 0 Å². The molecule has 0 spiro atoms. The lowest BCUT2D eigenvalue weighted by atomic mass is 10.3. The molecule has 0 saturated carbocycles. The van der Waals surface area contributed by atoms with Gasteiger partial charge >= 0.3 is 0 Å². The number of carbonyl (C=O) groups excluding carboxylic acids is 1. The molecule has 0 aromatic heterocycles. The van der Waals surface area contributed by atoms with E-state index in [-0.39, 0.29) is 12.5 Å². The molecule has 1 aromatic carbocycles. The van der Waals surface area contributed by atoms with Crippen LogP contribution in [0.2, 0.25) is 0 Å². The van der Waals surface area contributed by atoms with Gasteiger partial charge in [0.2, 0.25) is 5.91 Å². The van der Waals surface area contributed by atoms with Crippen molar-refractivity contribution in [1.82, 2.24) is 5.32 Å². The normalized spacial score (nSPS) is 10.0. The van der Waals surface area contributed by atoms with Gasteiger partial charge in [-0.05, 0) is 12.1 Å². The summed E-state index contributed by atoms with van der Waals surface area (Å²) in [7, 11) is 3.21. The molecule has 0 aliphatic heterocycles. The van der Waals surface area contributed by atoms with Crippen LogP contribution < -0.4 is 15.4 Å². The van der Waals surface area contributed by atoms with Crippen LogP contribution in [0.5, 0.6) is 5.75 Å². The van der Waals surface area contributed by atoms with E-state index in [1.165, 1.54) is 0 Å². The van der Waals surface area contributed by atoms with Gasteiger partial charge in [0.15, 0.2) is 0 Å². The highest BCUT2D eigenvalue weighted by Crippen LogP contribution is 2.16. The van der Waals surface area contributed by atoms with Gasteiger partial charge in [0.05, 0.1) is 20.3 Å². The average Bonchev–Trinajstić information content (AvgIpc) is 2.35. The van der Waals surface area contributed by atoms with E-state index in [9.17, 15) is 4.79 Å². The lowest BCUT2D eigenvalue weighted by Crippen LogP contribution is -2.30. The predicted molar refractivity (Wildman–Crippen MR) is 66.4 cm³/mol. The zero-order valence-corrected chi connectivity index (χ0v) is 10.2. The SMILES string of the molecule is COCCNCC(=O)Nc1cccc(OC)c1. The molecule has 5 heteroatoms. The standard InChI is InChI=1S/C12H18N2O3/c1-16-7-6-13-9-12(15)14-10-4-3-5-11(8-10)17-2/h3-5,8,13H,6-7,9H2,1-2H3,(H,14,15). The molecule has 5 nitrogen and oxygen atoms in total. The highest BCUT2D eigenvalue weighted by Gasteiger charge is 2.02. The first kappa shape index (κ1) is 13.5. The van der Waals surface area contributed by atoms with Gasteiger partial charge in [0.1, 0.15) is 5.75 Å². The van der Waals surface area contributed by atoms with Crippen LogP contribution in [0.4, 0.5) is 5.69 Å². The fourth-order valence-electron chi connectivity index (χ4n) is 1.28. The van der Waals surface area contributed by atoms with E-state index in [0.29, 0.717) is 13.2 Å². The smallest absolute Gasteiger partial charge is 0.238 e. The number of hydrogen-bond acceptors (Lipinski definition) is 4. The Morgan fingerprint density at radius 2 is 2.18 bits per heavy atom. The van der Waals surface area contributed by atoms with Crippen LogP contribution in [0, 0.1) is 0 Å². The molecule has 1 amide bonds. The maximum atomic E-state index is 11.5. The molecule has 0 saturated heterocycles. The van der Waals surface area contributed by atoms with Crippen molar-refractivity contribution < 1.29 is 14.3 Å². The van der Waals surface area contributed by atoms with E-state index >= 15 is 0 Å². The van der Waals surface area contributed by atoms with Crippen molar-refractivity contribution in [3.63, 3.8) is 0 Å². The molecule has 0 bridgehead atoms. The van der Waals surface area contributed by atoms with Crippen LogP contribution in [0.3, 0.4) is 0 Å². The molecule has 0 aliphatic rings. The average molecular weight is 238 g/mol. The Morgan fingerprint density at radius 3 is 2.88 bits per heavy atom. The summed E-state index contributed by atoms with van der Waals surface area (Å²) < 4.78 is 9.93. The minimum atomic E-state index is -0.0886. The molecule has 17 heavy (non-hydrogen) atoms. The molecule has 1 rings (SSSR count). The monoisotopic (exact) mass is 238 g/mol. The molecular weight excluding hydrogens is 220 g/mol. The first-order chi connectivity index (χ1) is 8.26. The number of ether oxygens (including phenoxy) is 2. The summed E-state index contributed by atoms with van der Waals surface area (Å²) in [5.74, 6) is 0.629. The second kappa shape index (κ2) is 7.65. The van der Waals surface area contributed by atoms with Crippen LogP contribution >= 0.6 is 0 Å². The van der Waals surface area contributed by atoms with Gasteiger partial charge in [0, 0.05) is 25.4 Å². The first-order valence-corrected chi connectivity index (χ1v) is 5.40. The summed E-state index contributed by atoms with van der Waals surface area (Å²) in [5.41, 5.74) is 0.725. The van der Waals surface area contributed by atoms with Crippen molar-refractivity contribution in [2.75, 3.05) is 39.2 Å². The van der Waals surface area contributed by atoms with Crippen LogP contribution in [0.15, 0.2) is 24.3 Å². The lowest BCUT2D eigenvalue weighted by molar-refractivity contribution is -0.115. The molecule has 94 valence electrons. The van der Waals surface area contributed by atoms with Gasteiger partial charge in [0.25, 0.3) is 0 Å². The van der Waals surface area contributed by atoms with Crippen molar-refractivity contribution in [3.8, 4) is 5.75 Å². The van der Waals surface area contributed by atoms with Crippen molar-refractivity contribution in [1.29, 1.82) is 0 Å². The summed E-state index contributed by atoms with van der Waals surface area (Å²) in [6.45, 7) is 1.51. The van der Waals surface area contributed by atoms with E-state index in [0.717, 1.165) is 11.4 Å². The number of benzene rings is 1. The summed E-state index contributed by atoms with van der Waals surface area (Å²) >= 11 is 0. The number of methoxy groups -OCH3 is 2. The number of nitrogens with one attached hydrogen (secondary N) is 2. The van der Waals surface area contributed by atoms with E-state index < -0.39 is 0 Å². The van der Waals surface area contributed by atoms with E-state index in [1.54, 1.807) is 20.3 Å². The zero-order valence-electron chi connectivity index (χ0n) is 10.2. The second-order valence-electron chi connectivity index (χ2n) is 3.45. The van der Waals surface area contributed by atoms with Crippen LogP contribution in [0.25, 0.3) is 0 Å². The Kier molecular flexibility index (Phi) is 6.06. The minimum absolute atomic E-state index is 0.0886. The molecule has 0 radical (unpaired) electrons. The van der Waals surface area contributed by atoms with Gasteiger partial charge in [-0.25, -0.2) is 0 Å². The summed E-state index contributed by atoms with van der Waals surface area (Å²) in [5, 5.41) is 5.74. The first-order valence-electron chi connectivity index (χ1n) is 5.40. The number of amides is 1. The molecule has 2 N–H and O–H groups in total. The second-order valence-corrected chi connectivity index (χ2v) is 3.45. The third-order valence-electron chi connectivity index (χ3n) is 2.12. The summed E-state index contributed by atoms with van der Waals surface area (Å²) in [6, 6.07) is 7.24. The van der Waals surface area contributed by atoms with Crippen molar-refractivity contribution >= 4 is 11.6 Å². The highest BCUT2D eigenvalue weighted by atomic mass is 16.5. The van der Waals surface area contributed by atoms with E-state index in [4.69, 9.17) is 9.47 Å². The number of anilines is 1. The quantitative estimate of drug-likeness (QED) is 0.692. The molecule has 1 aromatic rings. The van der Waals surface area contributed by atoms with Gasteiger partial charge in [-0.1, -0.05) is 6.07 Å². The maximum Gasteiger partial charge on any atom is 0.238 e. The highest BCUT2D eigenvalue weighted by molar-refractivity contribution is 5.92. The number of rotatable bonds is 7. The van der Waals surface area contributed by atoms with Crippen LogP contribution in [-0.2, 0) is 9.53 Å².